The molecule has 1 aliphatic rings. The molecule has 122 valence electrons. The molecule has 0 saturated carbocycles. The fourth-order valence-corrected chi connectivity index (χ4v) is 2.44. The Balaban J connectivity index is 1.84. The standard InChI is InChI=1S/C17H15FN4O2/c18-12-8-4-5-9-13(12)20-17(24)14-10-15(16(19)23)22(21-14)11-6-2-1-3-7-11/h1-9,15H,10H2,(H2,19,23)(H,20,24). The number of amides is 2. The summed E-state index contributed by atoms with van der Waals surface area (Å²) in [6.07, 6.45) is 0.0600. The number of nitrogens with one attached hydrogen (secondary N) is 1. The number of primary amides is 1. The second kappa shape index (κ2) is 6.49. The van der Waals surface area contributed by atoms with Crippen molar-refractivity contribution < 1.29 is 14.0 Å². The molecule has 0 saturated heterocycles. The third-order valence-electron chi connectivity index (χ3n) is 3.64. The van der Waals surface area contributed by atoms with Crippen LogP contribution in [0, 0.1) is 5.82 Å². The predicted molar refractivity (Wildman–Crippen MR) is 89.0 cm³/mol. The van der Waals surface area contributed by atoms with Gasteiger partial charge in [-0.25, -0.2) is 4.39 Å². The van der Waals surface area contributed by atoms with E-state index in [2.05, 4.69) is 10.4 Å². The number of nitrogens with zero attached hydrogens (tertiary/aromatic N) is 2. The lowest BCUT2D eigenvalue weighted by molar-refractivity contribution is -0.119. The van der Waals surface area contributed by atoms with Gasteiger partial charge >= 0.3 is 0 Å². The Bertz CT molecular complexity index is 807. The maximum Gasteiger partial charge on any atom is 0.272 e. The molecule has 2 aromatic rings. The largest absolute Gasteiger partial charge is 0.368 e. The van der Waals surface area contributed by atoms with E-state index < -0.39 is 23.7 Å². The van der Waals surface area contributed by atoms with Gasteiger partial charge in [0, 0.05) is 6.42 Å². The fraction of sp³-hybridized carbons (Fsp3) is 0.118. The van der Waals surface area contributed by atoms with E-state index in [4.69, 9.17) is 5.73 Å². The average Bonchev–Trinajstić information content (AvgIpc) is 3.03. The molecule has 3 rings (SSSR count). The van der Waals surface area contributed by atoms with Crippen LogP contribution in [0.25, 0.3) is 0 Å². The molecule has 1 atom stereocenters. The summed E-state index contributed by atoms with van der Waals surface area (Å²) in [5.74, 6) is -1.70. The van der Waals surface area contributed by atoms with Crippen molar-refractivity contribution in [3.05, 3.63) is 60.4 Å². The molecule has 0 spiro atoms. The van der Waals surface area contributed by atoms with Crippen LogP contribution in [-0.2, 0) is 9.59 Å². The van der Waals surface area contributed by atoms with Crippen LogP contribution in [0.4, 0.5) is 15.8 Å². The monoisotopic (exact) mass is 326 g/mol. The predicted octanol–water partition coefficient (Wildman–Crippen LogP) is 1.88. The highest BCUT2D eigenvalue weighted by atomic mass is 19.1. The number of benzene rings is 2. The minimum Gasteiger partial charge on any atom is -0.368 e. The zero-order chi connectivity index (χ0) is 17.1. The first kappa shape index (κ1) is 15.7. The minimum atomic E-state index is -0.756. The Morgan fingerprint density at radius 3 is 2.46 bits per heavy atom. The van der Waals surface area contributed by atoms with Crippen molar-refractivity contribution in [3.63, 3.8) is 0 Å². The van der Waals surface area contributed by atoms with E-state index in [-0.39, 0.29) is 17.8 Å². The van der Waals surface area contributed by atoms with Gasteiger partial charge in [-0.1, -0.05) is 30.3 Å². The number of carbonyl (C=O) groups excluding carboxylic acids is 2. The third-order valence-corrected chi connectivity index (χ3v) is 3.64. The van der Waals surface area contributed by atoms with E-state index in [0.29, 0.717) is 5.69 Å². The second-order valence-corrected chi connectivity index (χ2v) is 5.28. The molecule has 0 aliphatic carbocycles. The number of hydrazone groups is 1. The third kappa shape index (κ3) is 3.10. The van der Waals surface area contributed by atoms with Gasteiger partial charge in [-0.3, -0.25) is 14.6 Å². The van der Waals surface area contributed by atoms with Gasteiger partial charge in [0.2, 0.25) is 5.91 Å². The van der Waals surface area contributed by atoms with E-state index in [1.54, 1.807) is 30.3 Å². The van der Waals surface area contributed by atoms with Crippen molar-refractivity contribution >= 4 is 28.9 Å². The fourth-order valence-electron chi connectivity index (χ4n) is 2.44. The number of carbonyl (C=O) groups is 2. The molecule has 7 heteroatoms. The lowest BCUT2D eigenvalue weighted by Gasteiger charge is -2.20. The first-order valence-electron chi connectivity index (χ1n) is 7.33. The van der Waals surface area contributed by atoms with Gasteiger partial charge in [0.05, 0.1) is 11.4 Å². The topological polar surface area (TPSA) is 87.8 Å². The number of nitrogens with two attached hydrogens (primary N) is 1. The lowest BCUT2D eigenvalue weighted by atomic mass is 10.1. The van der Waals surface area contributed by atoms with E-state index in [1.165, 1.54) is 23.2 Å². The molecule has 1 heterocycles. The van der Waals surface area contributed by atoms with E-state index in [1.807, 2.05) is 6.07 Å². The van der Waals surface area contributed by atoms with Crippen molar-refractivity contribution in [2.45, 2.75) is 12.5 Å². The van der Waals surface area contributed by atoms with E-state index in [0.717, 1.165) is 0 Å². The number of rotatable bonds is 4. The van der Waals surface area contributed by atoms with Crippen molar-refractivity contribution in [1.82, 2.24) is 0 Å². The molecule has 24 heavy (non-hydrogen) atoms. The second-order valence-electron chi connectivity index (χ2n) is 5.28. The molecule has 0 aromatic heterocycles. The lowest BCUT2D eigenvalue weighted by Crippen LogP contribution is -2.39. The normalized spacial score (nSPS) is 16.6. The first-order chi connectivity index (χ1) is 11.6. The summed E-state index contributed by atoms with van der Waals surface area (Å²) in [6.45, 7) is 0. The molecule has 6 nitrogen and oxygen atoms in total. The smallest absolute Gasteiger partial charge is 0.272 e. The Morgan fingerprint density at radius 2 is 1.79 bits per heavy atom. The minimum absolute atomic E-state index is 0.0546. The Hall–Kier alpha value is -3.22. The molecular weight excluding hydrogens is 311 g/mol. The number of para-hydroxylation sites is 2. The van der Waals surface area contributed by atoms with Gasteiger partial charge in [0.1, 0.15) is 17.6 Å². The average molecular weight is 326 g/mol. The summed E-state index contributed by atoms with van der Waals surface area (Å²) in [4.78, 5) is 24.0. The zero-order valence-corrected chi connectivity index (χ0v) is 12.6. The number of anilines is 2. The highest BCUT2D eigenvalue weighted by Gasteiger charge is 2.35. The van der Waals surface area contributed by atoms with Crippen LogP contribution >= 0.6 is 0 Å². The van der Waals surface area contributed by atoms with Crippen molar-refractivity contribution in [2.75, 3.05) is 10.3 Å². The molecule has 1 unspecified atom stereocenters. The SMILES string of the molecule is NC(=O)C1CC(C(=O)Nc2ccccc2F)=NN1c1ccccc1. The summed E-state index contributed by atoms with van der Waals surface area (Å²) in [5, 5.41) is 8.08. The Morgan fingerprint density at radius 1 is 1.12 bits per heavy atom. The molecule has 1 aliphatic heterocycles. The van der Waals surface area contributed by atoms with Gasteiger partial charge in [-0.05, 0) is 24.3 Å². The maximum atomic E-state index is 13.6. The van der Waals surface area contributed by atoms with Gasteiger partial charge in [0.15, 0.2) is 0 Å². The Kier molecular flexibility index (Phi) is 4.24. The summed E-state index contributed by atoms with van der Waals surface area (Å²) < 4.78 is 13.6. The van der Waals surface area contributed by atoms with Crippen LogP contribution in [0.3, 0.4) is 0 Å². The van der Waals surface area contributed by atoms with Crippen molar-refractivity contribution in [1.29, 1.82) is 0 Å². The van der Waals surface area contributed by atoms with E-state index >= 15 is 0 Å². The van der Waals surface area contributed by atoms with Crippen LogP contribution in [0.15, 0.2) is 59.7 Å². The molecule has 0 radical (unpaired) electrons. The number of hydrogen-bond donors (Lipinski definition) is 2. The summed E-state index contributed by atoms with van der Waals surface area (Å²) in [6, 6.07) is 14.0. The summed E-state index contributed by atoms with van der Waals surface area (Å²) in [7, 11) is 0. The van der Waals surface area contributed by atoms with Crippen LogP contribution in [0.2, 0.25) is 0 Å². The Labute approximate surface area is 137 Å². The molecule has 0 bridgehead atoms. The summed E-state index contributed by atoms with van der Waals surface area (Å²) >= 11 is 0. The molecule has 3 N–H and O–H groups in total. The van der Waals surface area contributed by atoms with Gasteiger partial charge in [-0.15, -0.1) is 0 Å². The van der Waals surface area contributed by atoms with Crippen molar-refractivity contribution in [3.8, 4) is 0 Å². The number of halogens is 1. The molecule has 2 aromatic carbocycles. The summed E-state index contributed by atoms with van der Waals surface area (Å²) in [5.41, 5.74) is 6.24. The highest BCUT2D eigenvalue weighted by molar-refractivity contribution is 6.44. The van der Waals surface area contributed by atoms with Crippen LogP contribution in [0.1, 0.15) is 6.42 Å². The first-order valence-corrected chi connectivity index (χ1v) is 7.33. The highest BCUT2D eigenvalue weighted by Crippen LogP contribution is 2.25. The molecule has 0 fully saturated rings. The quantitative estimate of drug-likeness (QED) is 0.899. The maximum absolute atomic E-state index is 13.6. The van der Waals surface area contributed by atoms with Crippen LogP contribution in [-0.4, -0.2) is 23.6 Å². The number of hydrogen-bond acceptors (Lipinski definition) is 4. The van der Waals surface area contributed by atoms with Gasteiger partial charge in [-0.2, -0.15) is 5.10 Å². The molecule has 2 amide bonds. The zero-order valence-electron chi connectivity index (χ0n) is 12.6. The van der Waals surface area contributed by atoms with E-state index in [9.17, 15) is 14.0 Å². The van der Waals surface area contributed by atoms with Crippen LogP contribution < -0.4 is 16.1 Å². The van der Waals surface area contributed by atoms with Crippen molar-refractivity contribution in [2.24, 2.45) is 10.8 Å². The molecular formula is C17H15FN4O2. The van der Waals surface area contributed by atoms with Crippen LogP contribution in [0.5, 0.6) is 0 Å². The van der Waals surface area contributed by atoms with Gasteiger partial charge in [0.25, 0.3) is 5.91 Å². The van der Waals surface area contributed by atoms with Gasteiger partial charge < -0.3 is 11.1 Å².